The van der Waals surface area contributed by atoms with Gasteiger partial charge >= 0.3 is 0 Å². The van der Waals surface area contributed by atoms with Crippen molar-refractivity contribution >= 4 is 17.7 Å². The third-order valence-electron chi connectivity index (χ3n) is 3.84. The smallest absolute Gasteiger partial charge is 0.229 e. The highest BCUT2D eigenvalue weighted by Crippen LogP contribution is 2.14. The lowest BCUT2D eigenvalue weighted by Crippen LogP contribution is -2.35. The highest BCUT2D eigenvalue weighted by atomic mass is 16.2. The van der Waals surface area contributed by atoms with Crippen LogP contribution in [0.25, 0.3) is 0 Å². The summed E-state index contributed by atoms with van der Waals surface area (Å²) in [6.07, 6.45) is 6.36. The molecule has 3 rings (SSSR count). The average Bonchev–Trinajstić information content (AvgIpc) is 3.71. The molecule has 0 bridgehead atoms. The number of likely N-dealkylation sites (tertiary alicyclic amines) is 2. The molecule has 2 fully saturated rings. The summed E-state index contributed by atoms with van der Waals surface area (Å²) in [6.45, 7) is 46.8. The molecular formula is C40H87N3O3. The van der Waals surface area contributed by atoms with E-state index >= 15 is 0 Å². The fraction of sp³-hybridized carbons (Fsp3) is 0.825. The minimum atomic E-state index is -0.0278. The van der Waals surface area contributed by atoms with Crippen molar-refractivity contribution in [3.8, 4) is 0 Å². The van der Waals surface area contributed by atoms with Crippen LogP contribution < -0.4 is 0 Å². The van der Waals surface area contributed by atoms with E-state index in [2.05, 4.69) is 102 Å². The molecule has 0 aromatic carbocycles. The number of imide groups is 1. The molecule has 46 heavy (non-hydrogen) atoms. The van der Waals surface area contributed by atoms with Gasteiger partial charge in [-0.25, -0.2) is 0 Å². The maximum Gasteiger partial charge on any atom is 0.229 e. The second-order valence-corrected chi connectivity index (χ2v) is 13.3. The number of aromatic amines is 1. The van der Waals surface area contributed by atoms with Crippen molar-refractivity contribution < 1.29 is 14.4 Å². The van der Waals surface area contributed by atoms with Gasteiger partial charge in [0.15, 0.2) is 0 Å². The molecule has 0 spiro atoms. The van der Waals surface area contributed by atoms with Crippen LogP contribution in [0.1, 0.15) is 178 Å². The van der Waals surface area contributed by atoms with E-state index in [-0.39, 0.29) is 17.9 Å². The number of H-pyrrole nitrogens is 1. The Hall–Kier alpha value is -2.11. The minimum Gasteiger partial charge on any atom is -0.368 e. The van der Waals surface area contributed by atoms with Gasteiger partial charge in [0.05, 0.1) is 0 Å². The molecule has 2 aliphatic rings. The number of carbonyl (C=O) groups is 3. The van der Waals surface area contributed by atoms with Crippen LogP contribution in [0.5, 0.6) is 0 Å². The predicted octanol–water partition coefficient (Wildman–Crippen LogP) is 12.3. The van der Waals surface area contributed by atoms with Crippen LogP contribution >= 0.6 is 0 Å². The van der Waals surface area contributed by atoms with Crippen molar-refractivity contribution in [2.75, 3.05) is 6.54 Å². The molecular weight excluding hydrogens is 570 g/mol. The first-order chi connectivity index (χ1) is 21.3. The quantitative estimate of drug-likeness (QED) is 0.322. The van der Waals surface area contributed by atoms with Gasteiger partial charge < -0.3 is 9.88 Å². The first kappa shape index (κ1) is 59.3. The van der Waals surface area contributed by atoms with Gasteiger partial charge in [-0.05, 0) is 69.9 Å². The Kier molecular flexibility index (Phi) is 58.1. The molecule has 0 unspecified atom stereocenters. The Labute approximate surface area is 291 Å². The second kappa shape index (κ2) is 45.0. The number of nitrogens with zero attached hydrogens (tertiary/aromatic N) is 2. The SMILES string of the molecule is CC.CC.CC.CC(C)C.CC(C)C.CC(C)C.CC(C)C.CC(C)N1C(=O)CCC1=O.CC(C)N1CCCC1=O.c1cc[nH]c1. The topological polar surface area (TPSA) is 73.5 Å². The van der Waals surface area contributed by atoms with Crippen molar-refractivity contribution in [2.45, 2.75) is 190 Å². The number of nitrogens with one attached hydrogen (secondary N) is 1. The van der Waals surface area contributed by atoms with Crippen molar-refractivity contribution in [3.63, 3.8) is 0 Å². The number of hydrogen-bond acceptors (Lipinski definition) is 3. The van der Waals surface area contributed by atoms with Crippen molar-refractivity contribution in [2.24, 2.45) is 23.7 Å². The van der Waals surface area contributed by atoms with E-state index in [0.717, 1.165) is 43.1 Å². The highest BCUT2D eigenvalue weighted by molar-refractivity contribution is 6.02. The molecule has 3 amide bonds. The zero-order chi connectivity index (χ0) is 38.4. The van der Waals surface area contributed by atoms with E-state index in [1.54, 1.807) is 0 Å². The fourth-order valence-electron chi connectivity index (χ4n) is 2.66. The first-order valence-corrected chi connectivity index (χ1v) is 18.5. The third-order valence-corrected chi connectivity index (χ3v) is 3.84. The normalized spacial score (nSPS) is 12.5. The zero-order valence-corrected chi connectivity index (χ0v) is 35.4. The van der Waals surface area contributed by atoms with Crippen LogP contribution in [0, 0.1) is 23.7 Å². The molecule has 280 valence electrons. The summed E-state index contributed by atoms with van der Waals surface area (Å²) in [5.74, 6) is 3.60. The Bertz CT molecular complexity index is 626. The average molecular weight is 658 g/mol. The summed E-state index contributed by atoms with van der Waals surface area (Å²) >= 11 is 0. The molecule has 3 heterocycles. The lowest BCUT2D eigenvalue weighted by molar-refractivity contribution is -0.140. The Morgan fingerprint density at radius 1 is 0.478 bits per heavy atom. The summed E-state index contributed by atoms with van der Waals surface area (Å²) in [5.41, 5.74) is 0. The van der Waals surface area contributed by atoms with Gasteiger partial charge in [0.25, 0.3) is 0 Å². The van der Waals surface area contributed by atoms with Crippen LogP contribution in [-0.2, 0) is 14.4 Å². The molecule has 1 aromatic rings. The molecule has 0 atom stereocenters. The van der Waals surface area contributed by atoms with E-state index in [1.165, 1.54) is 4.90 Å². The Morgan fingerprint density at radius 2 is 0.761 bits per heavy atom. The number of amides is 3. The van der Waals surface area contributed by atoms with Crippen molar-refractivity contribution in [1.29, 1.82) is 0 Å². The van der Waals surface area contributed by atoms with Crippen LogP contribution in [0.3, 0.4) is 0 Å². The maximum absolute atomic E-state index is 10.9. The fourth-order valence-corrected chi connectivity index (χ4v) is 2.66. The van der Waals surface area contributed by atoms with Gasteiger partial charge in [-0.2, -0.15) is 0 Å². The summed E-state index contributed by atoms with van der Waals surface area (Å²) in [7, 11) is 0. The van der Waals surface area contributed by atoms with Crippen molar-refractivity contribution in [1.82, 2.24) is 14.8 Å². The van der Waals surface area contributed by atoms with Crippen LogP contribution in [0.2, 0.25) is 0 Å². The second-order valence-electron chi connectivity index (χ2n) is 13.3. The molecule has 1 aromatic heterocycles. The molecule has 6 heteroatoms. The van der Waals surface area contributed by atoms with Gasteiger partial charge in [-0.15, -0.1) is 0 Å². The van der Waals surface area contributed by atoms with Crippen LogP contribution in [0.4, 0.5) is 0 Å². The van der Waals surface area contributed by atoms with E-state index in [0.29, 0.717) is 24.8 Å². The zero-order valence-electron chi connectivity index (χ0n) is 35.4. The maximum atomic E-state index is 10.9. The summed E-state index contributed by atoms with van der Waals surface area (Å²) < 4.78 is 0. The number of carbonyl (C=O) groups excluding carboxylic acids is 3. The lowest BCUT2D eigenvalue weighted by Gasteiger charge is -2.19. The van der Waals surface area contributed by atoms with E-state index < -0.39 is 0 Å². The Balaban J connectivity index is -0.0000000778. The molecule has 2 aliphatic heterocycles. The standard InChI is InChI=1S/C7H11NO2.C7H13NO.C4H5N.4C4H10.3C2H6/c1-5(2)8-6(9)3-4-7(8)10;1-6(2)8-5-3-4-7(8)9;1-2-4-5-3-1;4*1-4(2)3;3*1-2/h5H,3-4H2,1-2H3;6H,3-5H2,1-2H3;1-5H;4*4H,1-3H3;3*1-2H3. The van der Waals surface area contributed by atoms with Gasteiger partial charge in [0.2, 0.25) is 17.7 Å². The largest absolute Gasteiger partial charge is 0.368 e. The molecule has 6 nitrogen and oxygen atoms in total. The molecule has 0 aliphatic carbocycles. The van der Waals surface area contributed by atoms with E-state index in [4.69, 9.17) is 0 Å². The number of rotatable bonds is 2. The lowest BCUT2D eigenvalue weighted by atomic mass is 10.3. The first-order valence-electron chi connectivity index (χ1n) is 18.5. The van der Waals surface area contributed by atoms with Crippen molar-refractivity contribution in [3.05, 3.63) is 24.5 Å². The molecule has 1 N–H and O–H groups in total. The van der Waals surface area contributed by atoms with Gasteiger partial charge in [-0.1, -0.05) is 125 Å². The van der Waals surface area contributed by atoms with Gasteiger partial charge in [0, 0.05) is 50.3 Å². The predicted molar refractivity (Wildman–Crippen MR) is 209 cm³/mol. The summed E-state index contributed by atoms with van der Waals surface area (Å²) in [6, 6.07) is 4.32. The van der Waals surface area contributed by atoms with E-state index in [1.807, 2.05) is 84.8 Å². The monoisotopic (exact) mass is 658 g/mol. The van der Waals surface area contributed by atoms with E-state index in [9.17, 15) is 14.4 Å². The minimum absolute atomic E-state index is 0.0278. The summed E-state index contributed by atoms with van der Waals surface area (Å²) in [5, 5.41) is 0. The summed E-state index contributed by atoms with van der Waals surface area (Å²) in [4.78, 5) is 38.9. The molecule has 0 radical (unpaired) electrons. The third kappa shape index (κ3) is 61.0. The van der Waals surface area contributed by atoms with Crippen LogP contribution in [0.15, 0.2) is 24.5 Å². The van der Waals surface area contributed by atoms with Gasteiger partial charge in [0.1, 0.15) is 0 Å². The Morgan fingerprint density at radius 3 is 0.870 bits per heavy atom. The highest BCUT2D eigenvalue weighted by Gasteiger charge is 2.30. The van der Waals surface area contributed by atoms with Gasteiger partial charge in [-0.3, -0.25) is 19.3 Å². The number of aromatic nitrogens is 1. The van der Waals surface area contributed by atoms with Crippen LogP contribution in [-0.4, -0.2) is 51.1 Å². The number of hydrogen-bond donors (Lipinski definition) is 1. The molecule has 0 saturated carbocycles. The molecule has 2 saturated heterocycles.